The van der Waals surface area contributed by atoms with Crippen molar-refractivity contribution >= 4 is 23.1 Å². The van der Waals surface area contributed by atoms with Gasteiger partial charge in [-0.15, -0.1) is 5.10 Å². The van der Waals surface area contributed by atoms with E-state index < -0.39 is 11.8 Å². The van der Waals surface area contributed by atoms with Gasteiger partial charge in [0.05, 0.1) is 17.1 Å². The predicted molar refractivity (Wildman–Crippen MR) is 149 cm³/mol. The summed E-state index contributed by atoms with van der Waals surface area (Å²) in [5, 5.41) is 20.0. The Morgan fingerprint density at radius 3 is 2.42 bits per heavy atom. The van der Waals surface area contributed by atoms with Crippen LogP contribution in [0.4, 0.5) is 26.2 Å². The maximum atomic E-state index is 14.2. The van der Waals surface area contributed by atoms with Gasteiger partial charge < -0.3 is 15.5 Å². The number of hydrogen-bond acceptors (Lipinski definition) is 5. The topological polar surface area (TPSA) is 98.8 Å². The van der Waals surface area contributed by atoms with E-state index >= 15 is 0 Å². The Hall–Kier alpha value is -4.27. The van der Waals surface area contributed by atoms with Gasteiger partial charge in [-0.2, -0.15) is 0 Å². The molecule has 3 aromatic carbocycles. The monoisotopic (exact) mass is 513 g/mol. The van der Waals surface area contributed by atoms with Crippen LogP contribution in [0, 0.1) is 11.7 Å². The SMILES string of the molecule is CC(C)CN(c1ccc(-c2ccccc2-c2nnn[nH]2)cc1NC(=O)Nc1ccccc1F)C1CCCC1. The van der Waals surface area contributed by atoms with Crippen LogP contribution in [0.1, 0.15) is 39.5 Å². The number of hydrogen-bond donors (Lipinski definition) is 3. The lowest BCUT2D eigenvalue weighted by molar-refractivity contribution is 0.262. The van der Waals surface area contributed by atoms with Crippen LogP contribution in [-0.4, -0.2) is 39.2 Å². The van der Waals surface area contributed by atoms with Gasteiger partial charge in [0.25, 0.3) is 0 Å². The molecule has 5 rings (SSSR count). The van der Waals surface area contributed by atoms with Gasteiger partial charge in [0.1, 0.15) is 5.82 Å². The smallest absolute Gasteiger partial charge is 0.323 e. The highest BCUT2D eigenvalue weighted by Crippen LogP contribution is 2.38. The van der Waals surface area contributed by atoms with Crippen LogP contribution in [0.3, 0.4) is 0 Å². The number of para-hydroxylation sites is 1. The molecule has 0 bridgehead atoms. The third kappa shape index (κ3) is 5.66. The summed E-state index contributed by atoms with van der Waals surface area (Å²) in [5.41, 5.74) is 4.41. The first-order valence-corrected chi connectivity index (χ1v) is 13.1. The van der Waals surface area contributed by atoms with Crippen molar-refractivity contribution in [2.45, 2.75) is 45.6 Å². The number of rotatable bonds is 8. The normalized spacial score (nSPS) is 13.6. The van der Waals surface area contributed by atoms with Crippen molar-refractivity contribution in [2.24, 2.45) is 5.92 Å². The van der Waals surface area contributed by atoms with Crippen LogP contribution in [0.2, 0.25) is 0 Å². The van der Waals surface area contributed by atoms with Gasteiger partial charge in [0, 0.05) is 18.2 Å². The summed E-state index contributed by atoms with van der Waals surface area (Å²) in [7, 11) is 0. The first-order chi connectivity index (χ1) is 18.5. The fourth-order valence-corrected chi connectivity index (χ4v) is 5.16. The molecule has 1 aromatic heterocycles. The molecule has 9 heteroatoms. The number of urea groups is 1. The zero-order valence-corrected chi connectivity index (χ0v) is 21.6. The van der Waals surface area contributed by atoms with Crippen molar-refractivity contribution in [1.82, 2.24) is 20.6 Å². The van der Waals surface area contributed by atoms with Gasteiger partial charge in [-0.05, 0) is 64.6 Å². The number of carbonyl (C=O) groups is 1. The van der Waals surface area contributed by atoms with Gasteiger partial charge in [-0.3, -0.25) is 0 Å². The lowest BCUT2D eigenvalue weighted by Gasteiger charge is -2.34. The first-order valence-electron chi connectivity index (χ1n) is 13.1. The minimum atomic E-state index is -0.503. The minimum Gasteiger partial charge on any atom is -0.367 e. The number of benzene rings is 3. The average molecular weight is 514 g/mol. The lowest BCUT2D eigenvalue weighted by Crippen LogP contribution is -2.37. The number of nitrogens with one attached hydrogen (secondary N) is 3. The molecule has 0 atom stereocenters. The summed E-state index contributed by atoms with van der Waals surface area (Å²) < 4.78 is 14.2. The lowest BCUT2D eigenvalue weighted by atomic mass is 9.97. The van der Waals surface area contributed by atoms with Gasteiger partial charge in [-0.1, -0.05) is 69.2 Å². The van der Waals surface area contributed by atoms with E-state index in [2.05, 4.69) is 62.1 Å². The number of aromatic nitrogens is 4. The molecule has 0 radical (unpaired) electrons. The number of anilines is 3. The quantitative estimate of drug-likeness (QED) is 0.243. The Bertz CT molecular complexity index is 1380. The zero-order chi connectivity index (χ0) is 26.5. The number of carbonyl (C=O) groups excluding carboxylic acids is 1. The molecule has 0 aliphatic heterocycles. The van der Waals surface area contributed by atoms with Crippen molar-refractivity contribution in [3.63, 3.8) is 0 Å². The molecular formula is C29H32FN7O. The molecule has 1 fully saturated rings. The molecule has 3 N–H and O–H groups in total. The molecule has 2 amide bonds. The summed E-state index contributed by atoms with van der Waals surface area (Å²) in [6.07, 6.45) is 4.65. The summed E-state index contributed by atoms with van der Waals surface area (Å²) in [4.78, 5) is 15.5. The second kappa shape index (κ2) is 11.4. The molecule has 38 heavy (non-hydrogen) atoms. The number of H-pyrrole nitrogens is 1. The van der Waals surface area contributed by atoms with Gasteiger partial charge in [0.15, 0.2) is 5.82 Å². The van der Waals surface area contributed by atoms with E-state index in [1.165, 1.54) is 25.0 Å². The average Bonchev–Trinajstić information content (AvgIpc) is 3.64. The van der Waals surface area contributed by atoms with Gasteiger partial charge in [0.2, 0.25) is 0 Å². The molecule has 0 spiro atoms. The van der Waals surface area contributed by atoms with Crippen molar-refractivity contribution in [2.75, 3.05) is 22.1 Å². The summed E-state index contributed by atoms with van der Waals surface area (Å²) in [6.45, 7) is 5.28. The summed E-state index contributed by atoms with van der Waals surface area (Å²) in [5.74, 6) is 0.512. The third-order valence-electron chi connectivity index (χ3n) is 6.84. The maximum absolute atomic E-state index is 14.2. The fraction of sp³-hybridized carbons (Fsp3) is 0.310. The van der Waals surface area contributed by atoms with E-state index in [0.717, 1.165) is 41.8 Å². The van der Waals surface area contributed by atoms with E-state index in [-0.39, 0.29) is 5.69 Å². The third-order valence-corrected chi connectivity index (χ3v) is 6.84. The van der Waals surface area contributed by atoms with Crippen LogP contribution in [0.5, 0.6) is 0 Å². The van der Waals surface area contributed by atoms with E-state index in [4.69, 9.17) is 0 Å². The number of nitrogens with zero attached hydrogens (tertiary/aromatic N) is 4. The highest BCUT2D eigenvalue weighted by Gasteiger charge is 2.26. The van der Waals surface area contributed by atoms with Gasteiger partial charge >= 0.3 is 6.03 Å². The molecular weight excluding hydrogens is 481 g/mol. The van der Waals surface area contributed by atoms with Crippen LogP contribution < -0.4 is 15.5 Å². The summed E-state index contributed by atoms with van der Waals surface area (Å²) in [6, 6.07) is 20.0. The van der Waals surface area contributed by atoms with Crippen LogP contribution in [0.25, 0.3) is 22.5 Å². The van der Waals surface area contributed by atoms with E-state index in [0.29, 0.717) is 23.5 Å². The molecule has 0 unspecified atom stereocenters. The molecule has 1 saturated carbocycles. The minimum absolute atomic E-state index is 0.126. The van der Waals surface area contributed by atoms with Crippen molar-refractivity contribution in [3.8, 4) is 22.5 Å². The Morgan fingerprint density at radius 1 is 1.00 bits per heavy atom. The fourth-order valence-electron chi connectivity index (χ4n) is 5.16. The van der Waals surface area contributed by atoms with Crippen LogP contribution in [0.15, 0.2) is 66.7 Å². The van der Waals surface area contributed by atoms with Crippen molar-refractivity contribution < 1.29 is 9.18 Å². The highest BCUT2D eigenvalue weighted by atomic mass is 19.1. The molecule has 4 aromatic rings. The predicted octanol–water partition coefficient (Wildman–Crippen LogP) is 6.72. The van der Waals surface area contributed by atoms with Gasteiger partial charge in [-0.25, -0.2) is 14.3 Å². The highest BCUT2D eigenvalue weighted by molar-refractivity contribution is 6.02. The number of tetrazole rings is 1. The zero-order valence-electron chi connectivity index (χ0n) is 21.6. The van der Waals surface area contributed by atoms with Crippen molar-refractivity contribution in [3.05, 3.63) is 72.5 Å². The second-order valence-corrected chi connectivity index (χ2v) is 10.1. The molecule has 1 aliphatic carbocycles. The van der Waals surface area contributed by atoms with E-state index in [9.17, 15) is 9.18 Å². The first kappa shape index (κ1) is 25.4. The van der Waals surface area contributed by atoms with Crippen molar-refractivity contribution in [1.29, 1.82) is 0 Å². The second-order valence-electron chi connectivity index (χ2n) is 10.1. The Kier molecular flexibility index (Phi) is 7.62. The largest absolute Gasteiger partial charge is 0.367 e. The number of amides is 2. The van der Waals surface area contributed by atoms with Crippen LogP contribution >= 0.6 is 0 Å². The molecule has 1 heterocycles. The van der Waals surface area contributed by atoms with Crippen LogP contribution in [-0.2, 0) is 0 Å². The molecule has 0 saturated heterocycles. The number of halogens is 1. The number of aromatic amines is 1. The Balaban J connectivity index is 1.55. The molecule has 8 nitrogen and oxygen atoms in total. The molecule has 1 aliphatic rings. The maximum Gasteiger partial charge on any atom is 0.323 e. The Labute approximate surface area is 221 Å². The van der Waals surface area contributed by atoms with E-state index in [1.807, 2.05) is 30.3 Å². The Morgan fingerprint density at radius 2 is 1.71 bits per heavy atom. The van der Waals surface area contributed by atoms with E-state index in [1.54, 1.807) is 12.1 Å². The summed E-state index contributed by atoms with van der Waals surface area (Å²) >= 11 is 0. The standard InChI is InChI=1S/C29H32FN7O/c1-19(2)18-37(21-9-3-4-10-21)27-16-15-20(22-11-5-6-12-23(22)28-33-35-36-34-28)17-26(27)32-29(38)31-25-14-8-7-13-24(25)30/h5-8,11-17,19,21H,3-4,9-10,18H2,1-2H3,(H2,31,32,38)(H,33,34,35,36). The molecule has 196 valence electrons.